The Bertz CT molecular complexity index is 666. The molecule has 0 atom stereocenters. The Kier molecular flexibility index (Phi) is 6.25. The summed E-state index contributed by atoms with van der Waals surface area (Å²) in [6, 6.07) is 13.9. The lowest BCUT2D eigenvalue weighted by atomic mass is 10.1. The molecule has 0 bridgehead atoms. The maximum absolute atomic E-state index is 5.89. The monoisotopic (exact) mass is 347 g/mol. The Hall–Kier alpha value is -1.78. The van der Waals surface area contributed by atoms with Crippen LogP contribution >= 0.6 is 23.8 Å². The molecule has 0 amide bonds. The molecule has 2 N–H and O–H groups in total. The number of hydrogen-bond acceptors (Lipinski definition) is 2. The molecule has 0 saturated heterocycles. The second-order valence-corrected chi connectivity index (χ2v) is 6.10. The number of nitrogens with zero attached hydrogens (tertiary/aromatic N) is 1. The minimum absolute atomic E-state index is 0.562. The van der Waals surface area contributed by atoms with E-state index >= 15 is 0 Å². The summed E-state index contributed by atoms with van der Waals surface area (Å²) >= 11 is 11.3. The van der Waals surface area contributed by atoms with E-state index in [4.69, 9.17) is 23.8 Å². The fourth-order valence-corrected chi connectivity index (χ4v) is 2.70. The first kappa shape index (κ1) is 17.6. The topological polar surface area (TPSA) is 27.3 Å². The van der Waals surface area contributed by atoms with Gasteiger partial charge in [-0.3, -0.25) is 0 Å². The fraction of sp³-hybridized carbons (Fsp3) is 0.278. The highest BCUT2D eigenvalue weighted by molar-refractivity contribution is 7.80. The number of thiocarbonyl (C=S) groups is 1. The van der Waals surface area contributed by atoms with E-state index in [1.165, 1.54) is 5.69 Å². The van der Waals surface area contributed by atoms with Crippen molar-refractivity contribution in [3.05, 3.63) is 53.1 Å². The summed E-state index contributed by atoms with van der Waals surface area (Å²) in [7, 11) is 0. The van der Waals surface area contributed by atoms with Crippen molar-refractivity contribution in [3.63, 3.8) is 0 Å². The minimum Gasteiger partial charge on any atom is -0.372 e. The Morgan fingerprint density at radius 1 is 1.04 bits per heavy atom. The number of rotatable bonds is 5. The molecule has 122 valence electrons. The van der Waals surface area contributed by atoms with Crippen molar-refractivity contribution < 1.29 is 0 Å². The molecule has 0 fully saturated rings. The first-order valence-electron chi connectivity index (χ1n) is 7.72. The molecule has 0 saturated carbocycles. The van der Waals surface area contributed by atoms with E-state index in [9.17, 15) is 0 Å². The molecule has 23 heavy (non-hydrogen) atoms. The van der Waals surface area contributed by atoms with Gasteiger partial charge in [0.25, 0.3) is 0 Å². The third-order valence-corrected chi connectivity index (χ3v) is 4.16. The van der Waals surface area contributed by atoms with E-state index in [-0.39, 0.29) is 0 Å². The zero-order chi connectivity index (χ0) is 16.8. The molecule has 0 radical (unpaired) electrons. The average Bonchev–Trinajstić information content (AvgIpc) is 2.54. The maximum Gasteiger partial charge on any atom is 0.175 e. The molecule has 0 heterocycles. The Morgan fingerprint density at radius 3 is 2.30 bits per heavy atom. The zero-order valence-corrected chi connectivity index (χ0v) is 15.3. The summed E-state index contributed by atoms with van der Waals surface area (Å²) in [5.74, 6) is 0. The Balaban J connectivity index is 2.10. The van der Waals surface area contributed by atoms with Gasteiger partial charge in [-0.1, -0.05) is 17.7 Å². The summed E-state index contributed by atoms with van der Waals surface area (Å²) < 4.78 is 0. The molecule has 0 spiro atoms. The van der Waals surface area contributed by atoms with Gasteiger partial charge >= 0.3 is 0 Å². The Labute approximate surface area is 148 Å². The second kappa shape index (κ2) is 8.18. The largest absolute Gasteiger partial charge is 0.372 e. The highest BCUT2D eigenvalue weighted by atomic mass is 35.5. The molecule has 0 aromatic heterocycles. The van der Waals surface area contributed by atoms with Crippen LogP contribution in [0.5, 0.6) is 0 Å². The number of nitrogens with one attached hydrogen (secondary N) is 2. The van der Waals surface area contributed by atoms with E-state index in [0.717, 1.165) is 30.0 Å². The van der Waals surface area contributed by atoms with Crippen LogP contribution in [-0.4, -0.2) is 18.2 Å². The van der Waals surface area contributed by atoms with Gasteiger partial charge in [-0.05, 0) is 75.0 Å². The van der Waals surface area contributed by atoms with Gasteiger partial charge in [0, 0.05) is 35.2 Å². The predicted octanol–water partition coefficient (Wildman–Crippen LogP) is 5.30. The van der Waals surface area contributed by atoms with Crippen LogP contribution in [0.25, 0.3) is 0 Å². The predicted molar refractivity (Wildman–Crippen MR) is 106 cm³/mol. The van der Waals surface area contributed by atoms with Crippen LogP contribution < -0.4 is 15.5 Å². The van der Waals surface area contributed by atoms with E-state index in [0.29, 0.717) is 10.1 Å². The van der Waals surface area contributed by atoms with Crippen molar-refractivity contribution in [2.75, 3.05) is 28.6 Å². The standard InChI is InChI=1S/C18H22ClN3S/c1-4-22(5-2)16-11-6-13(3)17(12-16)21-18(23)20-15-9-7-14(19)8-10-15/h6-12H,4-5H2,1-3H3,(H2,20,21,23). The maximum atomic E-state index is 5.89. The van der Waals surface area contributed by atoms with Gasteiger partial charge in [-0.15, -0.1) is 0 Å². The normalized spacial score (nSPS) is 10.3. The van der Waals surface area contributed by atoms with E-state index < -0.39 is 0 Å². The lowest BCUT2D eigenvalue weighted by Crippen LogP contribution is -2.23. The van der Waals surface area contributed by atoms with Gasteiger partial charge in [0.15, 0.2) is 5.11 Å². The molecule has 5 heteroatoms. The smallest absolute Gasteiger partial charge is 0.175 e. The molecule has 0 aliphatic rings. The number of benzene rings is 2. The summed E-state index contributed by atoms with van der Waals surface area (Å²) in [6.45, 7) is 8.34. The fourth-order valence-electron chi connectivity index (χ4n) is 2.35. The quantitative estimate of drug-likeness (QED) is 0.717. The highest BCUT2D eigenvalue weighted by Crippen LogP contribution is 2.23. The van der Waals surface area contributed by atoms with Gasteiger partial charge in [-0.25, -0.2) is 0 Å². The molecule has 2 aromatic rings. The molecule has 2 aromatic carbocycles. The number of anilines is 3. The lowest BCUT2D eigenvalue weighted by Gasteiger charge is -2.23. The third-order valence-electron chi connectivity index (χ3n) is 3.70. The zero-order valence-electron chi connectivity index (χ0n) is 13.7. The molecular formula is C18H22ClN3S. The van der Waals surface area contributed by atoms with E-state index in [1.54, 1.807) is 0 Å². The second-order valence-electron chi connectivity index (χ2n) is 5.26. The molecule has 2 rings (SSSR count). The first-order valence-corrected chi connectivity index (χ1v) is 8.51. The van der Waals surface area contributed by atoms with Crippen LogP contribution in [0.1, 0.15) is 19.4 Å². The third kappa shape index (κ3) is 4.85. The van der Waals surface area contributed by atoms with Crippen molar-refractivity contribution in [2.45, 2.75) is 20.8 Å². The van der Waals surface area contributed by atoms with Gasteiger partial charge in [0.05, 0.1) is 0 Å². The summed E-state index contributed by atoms with van der Waals surface area (Å²) in [5.41, 5.74) is 4.27. The highest BCUT2D eigenvalue weighted by Gasteiger charge is 2.07. The van der Waals surface area contributed by atoms with Crippen molar-refractivity contribution in [1.29, 1.82) is 0 Å². The van der Waals surface area contributed by atoms with Crippen LogP contribution in [0.3, 0.4) is 0 Å². The molecule has 0 aliphatic heterocycles. The molecule has 0 unspecified atom stereocenters. The van der Waals surface area contributed by atoms with Crippen molar-refractivity contribution in [2.24, 2.45) is 0 Å². The lowest BCUT2D eigenvalue weighted by molar-refractivity contribution is 0.866. The van der Waals surface area contributed by atoms with Crippen LogP contribution in [0.2, 0.25) is 5.02 Å². The number of hydrogen-bond donors (Lipinski definition) is 2. The number of aryl methyl sites for hydroxylation is 1. The minimum atomic E-state index is 0.562. The van der Waals surface area contributed by atoms with Crippen LogP contribution in [0.15, 0.2) is 42.5 Å². The SMILES string of the molecule is CCN(CC)c1ccc(C)c(NC(=S)Nc2ccc(Cl)cc2)c1. The average molecular weight is 348 g/mol. The van der Waals surface area contributed by atoms with Crippen LogP contribution in [0, 0.1) is 6.92 Å². The van der Waals surface area contributed by atoms with E-state index in [2.05, 4.69) is 54.5 Å². The van der Waals surface area contributed by atoms with Gasteiger partial charge in [-0.2, -0.15) is 0 Å². The first-order chi connectivity index (χ1) is 11.0. The summed E-state index contributed by atoms with van der Waals surface area (Å²) in [4.78, 5) is 2.31. The Morgan fingerprint density at radius 2 is 1.70 bits per heavy atom. The van der Waals surface area contributed by atoms with Gasteiger partial charge in [0.1, 0.15) is 0 Å². The summed E-state index contributed by atoms with van der Waals surface area (Å²) in [5, 5.41) is 7.71. The van der Waals surface area contributed by atoms with Crippen LogP contribution in [0.4, 0.5) is 17.1 Å². The summed E-state index contributed by atoms with van der Waals surface area (Å²) in [6.07, 6.45) is 0. The van der Waals surface area contributed by atoms with Crippen molar-refractivity contribution in [1.82, 2.24) is 0 Å². The number of halogens is 1. The molecular weight excluding hydrogens is 326 g/mol. The van der Waals surface area contributed by atoms with Gasteiger partial charge in [0.2, 0.25) is 0 Å². The van der Waals surface area contributed by atoms with E-state index in [1.807, 2.05) is 24.3 Å². The van der Waals surface area contributed by atoms with Crippen molar-refractivity contribution in [3.8, 4) is 0 Å². The van der Waals surface area contributed by atoms with Crippen molar-refractivity contribution >= 4 is 46.0 Å². The molecule has 3 nitrogen and oxygen atoms in total. The molecule has 0 aliphatic carbocycles. The van der Waals surface area contributed by atoms with Crippen LogP contribution in [-0.2, 0) is 0 Å². The van der Waals surface area contributed by atoms with Gasteiger partial charge < -0.3 is 15.5 Å².